The maximum absolute atomic E-state index is 11.6. The van der Waals surface area contributed by atoms with Gasteiger partial charge in [-0.15, -0.1) is 0 Å². The average Bonchev–Trinajstić information content (AvgIpc) is 2.52. The summed E-state index contributed by atoms with van der Waals surface area (Å²) < 4.78 is 17.0. The van der Waals surface area contributed by atoms with Crippen LogP contribution in [0.3, 0.4) is 0 Å². The molecule has 1 amide bonds. The Balaban J connectivity index is 2.37. The number of hydrogen-bond acceptors (Lipinski definition) is 4. The van der Waals surface area contributed by atoms with Crippen LogP contribution in [0.4, 0.5) is 0 Å². The highest BCUT2D eigenvalue weighted by atomic mass is 16.5. The first-order chi connectivity index (χ1) is 11.3. The summed E-state index contributed by atoms with van der Waals surface area (Å²) in [5, 5.41) is 3.08. The van der Waals surface area contributed by atoms with Crippen molar-refractivity contribution >= 4 is 5.91 Å². The number of carbonyl (C=O) groups excluding carboxylic acids is 1. The molecule has 1 fully saturated rings. The summed E-state index contributed by atoms with van der Waals surface area (Å²) in [6, 6.07) is 5.89. The molecule has 1 N–H and O–H groups in total. The third-order valence-corrected chi connectivity index (χ3v) is 4.79. The third-order valence-electron chi connectivity index (χ3n) is 4.79. The van der Waals surface area contributed by atoms with Crippen LogP contribution < -0.4 is 14.8 Å². The molecule has 1 unspecified atom stereocenters. The van der Waals surface area contributed by atoms with Gasteiger partial charge in [0.15, 0.2) is 11.5 Å². The van der Waals surface area contributed by atoms with Crippen molar-refractivity contribution in [2.75, 3.05) is 14.2 Å². The van der Waals surface area contributed by atoms with Crippen LogP contribution in [0.25, 0.3) is 0 Å². The Labute approximate surface area is 144 Å². The molecule has 0 spiro atoms. The second kappa shape index (κ2) is 7.43. The highest BCUT2D eigenvalue weighted by Gasteiger charge is 2.41. The number of benzene rings is 1. The lowest BCUT2D eigenvalue weighted by Crippen LogP contribution is -2.52. The van der Waals surface area contributed by atoms with Gasteiger partial charge in [-0.2, -0.15) is 0 Å². The molecule has 24 heavy (non-hydrogen) atoms. The van der Waals surface area contributed by atoms with Gasteiger partial charge < -0.3 is 19.5 Å². The van der Waals surface area contributed by atoms with Gasteiger partial charge in [0.2, 0.25) is 5.91 Å². The number of nitrogens with one attached hydrogen (secondary N) is 1. The highest BCUT2D eigenvalue weighted by Crippen LogP contribution is 2.43. The van der Waals surface area contributed by atoms with Gasteiger partial charge in [0.25, 0.3) is 0 Å². The van der Waals surface area contributed by atoms with E-state index in [1.165, 1.54) is 0 Å². The zero-order valence-corrected chi connectivity index (χ0v) is 15.5. The molecule has 5 heteroatoms. The second-order valence-corrected chi connectivity index (χ2v) is 7.07. The van der Waals surface area contributed by atoms with Crippen molar-refractivity contribution < 1.29 is 19.0 Å². The number of hydrogen-bond donors (Lipinski definition) is 1. The lowest BCUT2D eigenvalue weighted by molar-refractivity contribution is -0.126. The van der Waals surface area contributed by atoms with Crippen molar-refractivity contribution in [2.24, 2.45) is 5.92 Å². The summed E-state index contributed by atoms with van der Waals surface area (Å²) in [6.45, 7) is 7.77. The van der Waals surface area contributed by atoms with E-state index < -0.39 is 0 Å². The van der Waals surface area contributed by atoms with Crippen LogP contribution >= 0.6 is 0 Å². The minimum absolute atomic E-state index is 0.0234. The Morgan fingerprint density at radius 2 is 1.88 bits per heavy atom. The number of ether oxygens (including phenoxy) is 3. The molecule has 1 saturated heterocycles. The predicted octanol–water partition coefficient (Wildman–Crippen LogP) is 3.47. The molecular weight excluding hydrogens is 306 g/mol. The van der Waals surface area contributed by atoms with Crippen LogP contribution in [-0.2, 0) is 9.53 Å². The molecule has 1 aliphatic heterocycles. The van der Waals surface area contributed by atoms with E-state index >= 15 is 0 Å². The minimum Gasteiger partial charge on any atom is -0.493 e. The average molecular weight is 335 g/mol. The van der Waals surface area contributed by atoms with E-state index in [-0.39, 0.29) is 29.6 Å². The fourth-order valence-corrected chi connectivity index (χ4v) is 3.61. The Bertz CT molecular complexity index is 585. The van der Waals surface area contributed by atoms with Crippen molar-refractivity contribution in [2.45, 2.75) is 58.3 Å². The van der Waals surface area contributed by atoms with Gasteiger partial charge in [0.05, 0.1) is 26.4 Å². The SMILES string of the molecule is COc1ccc(C2O[C@H](C)CC[C@H]2C(C)(C)NC(C)=O)cc1OC. The molecule has 2 rings (SSSR count). The van der Waals surface area contributed by atoms with Gasteiger partial charge in [-0.25, -0.2) is 0 Å². The van der Waals surface area contributed by atoms with Crippen molar-refractivity contribution in [1.29, 1.82) is 0 Å². The third kappa shape index (κ3) is 4.01. The predicted molar refractivity (Wildman–Crippen MR) is 93.5 cm³/mol. The molecule has 134 valence electrons. The van der Waals surface area contributed by atoms with Gasteiger partial charge >= 0.3 is 0 Å². The molecular formula is C19H29NO4. The first-order valence-electron chi connectivity index (χ1n) is 8.44. The lowest BCUT2D eigenvalue weighted by Gasteiger charge is -2.44. The van der Waals surface area contributed by atoms with Gasteiger partial charge in [0.1, 0.15) is 0 Å². The van der Waals surface area contributed by atoms with Gasteiger partial charge in [-0.1, -0.05) is 6.07 Å². The normalized spacial score (nSPS) is 24.3. The molecule has 1 aliphatic rings. The van der Waals surface area contributed by atoms with Gasteiger partial charge in [-0.05, 0) is 51.3 Å². The van der Waals surface area contributed by atoms with E-state index in [4.69, 9.17) is 14.2 Å². The quantitative estimate of drug-likeness (QED) is 0.895. The molecule has 0 radical (unpaired) electrons. The van der Waals surface area contributed by atoms with Crippen molar-refractivity contribution in [3.05, 3.63) is 23.8 Å². The summed E-state index contributed by atoms with van der Waals surface area (Å²) in [6.07, 6.45) is 2.06. The minimum atomic E-state index is -0.357. The van der Waals surface area contributed by atoms with E-state index in [9.17, 15) is 4.79 Å². The molecule has 1 heterocycles. The van der Waals surface area contributed by atoms with E-state index in [2.05, 4.69) is 26.1 Å². The molecule has 5 nitrogen and oxygen atoms in total. The summed E-state index contributed by atoms with van der Waals surface area (Å²) in [5.41, 5.74) is 0.687. The molecule has 0 aromatic heterocycles. The van der Waals surface area contributed by atoms with Crippen LogP contribution in [-0.4, -0.2) is 31.8 Å². The summed E-state index contributed by atoms with van der Waals surface area (Å²) >= 11 is 0. The Kier molecular flexibility index (Phi) is 5.75. The zero-order chi connectivity index (χ0) is 17.9. The largest absolute Gasteiger partial charge is 0.493 e. The number of carbonyl (C=O) groups is 1. The fraction of sp³-hybridized carbons (Fsp3) is 0.632. The molecule has 1 aromatic rings. The summed E-state index contributed by atoms with van der Waals surface area (Å²) in [4.78, 5) is 11.6. The first kappa shape index (κ1) is 18.6. The molecule has 1 aromatic carbocycles. The van der Waals surface area contributed by atoms with Gasteiger partial charge in [0, 0.05) is 18.4 Å². The summed E-state index contributed by atoms with van der Waals surface area (Å²) in [5.74, 6) is 1.54. The standard InChI is InChI=1S/C19H29NO4/c1-12-7-9-15(19(3,4)20-13(2)21)18(24-12)14-8-10-16(22-5)17(11-14)23-6/h8,10-12,15,18H,7,9H2,1-6H3,(H,20,21)/t12-,15-,18?/m1/s1. The Morgan fingerprint density at radius 1 is 1.21 bits per heavy atom. The van der Waals surface area contributed by atoms with E-state index in [0.29, 0.717) is 11.5 Å². The number of methoxy groups -OCH3 is 2. The molecule has 0 saturated carbocycles. The van der Waals surface area contributed by atoms with Crippen LogP contribution in [0.2, 0.25) is 0 Å². The zero-order valence-electron chi connectivity index (χ0n) is 15.5. The van der Waals surface area contributed by atoms with Gasteiger partial charge in [-0.3, -0.25) is 4.79 Å². The number of amides is 1. The smallest absolute Gasteiger partial charge is 0.217 e. The van der Waals surface area contributed by atoms with E-state index in [1.54, 1.807) is 21.1 Å². The second-order valence-electron chi connectivity index (χ2n) is 7.07. The van der Waals surface area contributed by atoms with Crippen LogP contribution in [0.1, 0.15) is 52.2 Å². The topological polar surface area (TPSA) is 56.8 Å². The van der Waals surface area contributed by atoms with Crippen LogP contribution in [0, 0.1) is 5.92 Å². The highest BCUT2D eigenvalue weighted by molar-refractivity contribution is 5.73. The monoisotopic (exact) mass is 335 g/mol. The lowest BCUT2D eigenvalue weighted by atomic mass is 9.75. The van der Waals surface area contributed by atoms with Crippen LogP contribution in [0.15, 0.2) is 18.2 Å². The first-order valence-corrected chi connectivity index (χ1v) is 8.44. The molecule has 0 bridgehead atoms. The molecule has 0 aliphatic carbocycles. The fourth-order valence-electron chi connectivity index (χ4n) is 3.61. The molecule has 3 atom stereocenters. The summed E-state index contributed by atoms with van der Waals surface area (Å²) in [7, 11) is 3.25. The number of rotatable bonds is 5. The maximum atomic E-state index is 11.6. The van der Waals surface area contributed by atoms with Crippen LogP contribution in [0.5, 0.6) is 11.5 Å². The maximum Gasteiger partial charge on any atom is 0.217 e. The van der Waals surface area contributed by atoms with E-state index in [1.807, 2.05) is 18.2 Å². The van der Waals surface area contributed by atoms with Crippen molar-refractivity contribution in [1.82, 2.24) is 5.32 Å². The van der Waals surface area contributed by atoms with E-state index in [0.717, 1.165) is 18.4 Å². The van der Waals surface area contributed by atoms with Crippen molar-refractivity contribution in [3.63, 3.8) is 0 Å². The Hall–Kier alpha value is -1.75. The Morgan fingerprint density at radius 3 is 2.46 bits per heavy atom. The van der Waals surface area contributed by atoms with Crippen molar-refractivity contribution in [3.8, 4) is 11.5 Å².